The van der Waals surface area contributed by atoms with Gasteiger partial charge in [0.2, 0.25) is 10.9 Å². The van der Waals surface area contributed by atoms with Gasteiger partial charge in [-0.3, -0.25) is 9.59 Å². The molecule has 0 amide bonds. The van der Waals surface area contributed by atoms with Crippen molar-refractivity contribution in [3.63, 3.8) is 0 Å². The molecular weight excluding hydrogens is 456 g/mol. The fourth-order valence-electron chi connectivity index (χ4n) is 3.33. The minimum Gasteiger partial charge on any atom is -0.288 e. The Hall–Kier alpha value is -6.82. The van der Waals surface area contributed by atoms with Crippen molar-refractivity contribution >= 4 is 11.1 Å². The second-order valence-electron chi connectivity index (χ2n) is 6.55. The number of benzene rings is 2. The van der Waals surface area contributed by atoms with Crippen molar-refractivity contribution in [2.45, 2.75) is 0 Å². The van der Waals surface area contributed by atoms with E-state index in [-0.39, 0.29) is 0 Å². The lowest BCUT2D eigenvalue weighted by atomic mass is 9.88. The minimum atomic E-state index is -1.30. The van der Waals surface area contributed by atoms with Crippen LogP contribution in [0.1, 0.15) is 50.0 Å². The molecule has 10 heteroatoms. The lowest BCUT2D eigenvalue weighted by molar-refractivity contribution is 1.23. The summed E-state index contributed by atoms with van der Waals surface area (Å²) in [7, 11) is 0. The Bertz CT molecular complexity index is 2020. The molecule has 0 fully saturated rings. The first-order valence-electron chi connectivity index (χ1n) is 11.2. The average Bonchev–Trinajstić information content (AvgIpc) is 2.94. The molecule has 0 aliphatic heterocycles. The van der Waals surface area contributed by atoms with Crippen LogP contribution in [0.5, 0.6) is 0 Å². The summed E-state index contributed by atoms with van der Waals surface area (Å²) in [6.45, 7) is 0. The van der Waals surface area contributed by atoms with Crippen molar-refractivity contribution in [3.05, 3.63) is 99.6 Å². The van der Waals surface area contributed by atoms with Crippen molar-refractivity contribution in [2.75, 3.05) is 0 Å². The molecular formula is C26H4N8O2. The Morgan fingerprint density at radius 2 is 0.806 bits per heavy atom. The molecule has 0 atom stereocenters. The number of hydrogen-bond acceptors (Lipinski definition) is 10. The van der Waals surface area contributed by atoms with Crippen LogP contribution in [0.25, 0.3) is 11.1 Å². The predicted molar refractivity (Wildman–Crippen MR) is 118 cm³/mol. The van der Waals surface area contributed by atoms with Gasteiger partial charge < -0.3 is 0 Å². The first kappa shape index (κ1) is 18.7. The van der Waals surface area contributed by atoms with E-state index in [1.807, 2.05) is 0 Å². The van der Waals surface area contributed by atoms with Crippen LogP contribution in [0.2, 0.25) is 0 Å². The maximum atomic E-state index is 13.2. The van der Waals surface area contributed by atoms with E-state index in [9.17, 15) is 51.7 Å². The predicted octanol–water partition coefficient (Wildman–Crippen LogP) is -0.0422. The van der Waals surface area contributed by atoms with E-state index in [1.165, 1.54) is 48.6 Å². The van der Waals surface area contributed by atoms with E-state index < -0.39 is 101 Å². The van der Waals surface area contributed by atoms with E-state index in [2.05, 4.69) is 0 Å². The van der Waals surface area contributed by atoms with Crippen LogP contribution in [0, 0.1) is 90.6 Å². The monoisotopic (exact) mass is 464 g/mol. The first-order chi connectivity index (χ1) is 19.1. The molecule has 0 aliphatic carbocycles. The molecule has 3 rings (SSSR count). The van der Waals surface area contributed by atoms with E-state index >= 15 is 0 Å². The second kappa shape index (κ2) is 9.35. The van der Waals surface area contributed by atoms with Crippen molar-refractivity contribution in [1.82, 2.24) is 0 Å². The highest BCUT2D eigenvalue weighted by atomic mass is 16.1. The van der Waals surface area contributed by atoms with Crippen molar-refractivity contribution < 1.29 is 5.48 Å². The van der Waals surface area contributed by atoms with E-state index in [1.54, 1.807) is 0 Å². The molecule has 0 aromatic heterocycles. The SMILES string of the molecule is [2H]c1c(C#N)c([2H])c(C#N)c(C(C#N)=c2c(=O)c(=C(C#N)c3c(C#N)c([2H])c(C#N)c([2H])c3C#N)c2=O)c1C#N. The van der Waals surface area contributed by atoms with Crippen LogP contribution in [0.4, 0.5) is 0 Å². The number of rotatable bonds is 2. The number of nitrogens with zero attached hydrogens (tertiary/aromatic N) is 8. The summed E-state index contributed by atoms with van der Waals surface area (Å²) >= 11 is 0. The van der Waals surface area contributed by atoms with E-state index in [0.717, 1.165) is 0 Å². The van der Waals surface area contributed by atoms with Gasteiger partial charge in [-0.15, -0.1) is 0 Å². The normalized spacial score (nSPS) is 10.7. The van der Waals surface area contributed by atoms with Crippen molar-refractivity contribution in [1.29, 1.82) is 42.1 Å². The molecule has 0 heterocycles. The van der Waals surface area contributed by atoms with Gasteiger partial charge in [0.15, 0.2) is 0 Å². The van der Waals surface area contributed by atoms with Crippen LogP contribution in [0.15, 0.2) is 33.8 Å². The third-order valence-corrected chi connectivity index (χ3v) is 4.80. The zero-order chi connectivity index (χ0) is 30.0. The topological polar surface area (TPSA) is 224 Å². The Morgan fingerprint density at radius 3 is 1.00 bits per heavy atom. The molecule has 0 unspecified atom stereocenters. The van der Waals surface area contributed by atoms with Crippen molar-refractivity contribution in [2.24, 2.45) is 0 Å². The molecule has 0 saturated heterocycles. The number of nitriles is 8. The van der Waals surface area contributed by atoms with Gasteiger partial charge >= 0.3 is 0 Å². The molecule has 3 aromatic rings. The third kappa shape index (κ3) is 3.48. The van der Waals surface area contributed by atoms with Gasteiger partial charge in [-0.25, -0.2) is 0 Å². The molecule has 0 aliphatic rings. The van der Waals surface area contributed by atoms with E-state index in [0.29, 0.717) is 0 Å². The summed E-state index contributed by atoms with van der Waals surface area (Å²) in [5.41, 5.74) is -10.1. The standard InChI is InChI=1S/C26H4N8O2/c27-5-13-1-15(7-29)21(16(2-13)8-30)19(11-33)23-25(35)24(26(23)36)20(12-34)22-17(9-31)3-14(6-28)4-18(22)10-32/h1-4H/i1D,2D,3D,4D. The smallest absolute Gasteiger partial charge is 0.203 e. The summed E-state index contributed by atoms with van der Waals surface area (Å²) in [4.78, 5) is 26.5. The van der Waals surface area contributed by atoms with Gasteiger partial charge in [0.25, 0.3) is 0 Å². The van der Waals surface area contributed by atoms with Crippen molar-refractivity contribution in [3.8, 4) is 48.6 Å². The minimum absolute atomic E-state index is 0.663. The second-order valence-corrected chi connectivity index (χ2v) is 6.55. The Kier molecular flexibility index (Phi) is 4.86. The lowest BCUT2D eigenvalue weighted by Gasteiger charge is -2.09. The highest BCUT2D eigenvalue weighted by Gasteiger charge is 2.25. The Morgan fingerprint density at radius 1 is 0.528 bits per heavy atom. The highest BCUT2D eigenvalue weighted by molar-refractivity contribution is 5.87. The maximum Gasteiger partial charge on any atom is 0.203 e. The van der Waals surface area contributed by atoms with Crippen LogP contribution in [0.3, 0.4) is 0 Å². The molecule has 3 aromatic carbocycles. The third-order valence-electron chi connectivity index (χ3n) is 4.80. The molecule has 0 saturated carbocycles. The summed E-state index contributed by atoms with van der Waals surface area (Å²) in [5, 5.41) is 74.6. The summed E-state index contributed by atoms with van der Waals surface area (Å²) in [5.74, 6) is 0. The van der Waals surface area contributed by atoms with Gasteiger partial charge in [-0.05, 0) is 24.2 Å². The molecule has 160 valence electrons. The van der Waals surface area contributed by atoms with Crippen LogP contribution >= 0.6 is 0 Å². The maximum absolute atomic E-state index is 13.2. The van der Waals surface area contributed by atoms with Crippen LogP contribution < -0.4 is 21.3 Å². The summed E-state index contributed by atoms with van der Waals surface area (Å²) in [6, 6.07) is 8.80. The van der Waals surface area contributed by atoms with Gasteiger partial charge in [0.1, 0.15) is 12.1 Å². The van der Waals surface area contributed by atoms with Crippen LogP contribution in [-0.4, -0.2) is 0 Å². The average molecular weight is 464 g/mol. The molecule has 0 spiro atoms. The Balaban J connectivity index is 2.70. The first-order valence-corrected chi connectivity index (χ1v) is 9.20. The molecule has 0 radical (unpaired) electrons. The molecule has 36 heavy (non-hydrogen) atoms. The highest BCUT2D eigenvalue weighted by Crippen LogP contribution is 2.24. The quantitative estimate of drug-likeness (QED) is 0.491. The van der Waals surface area contributed by atoms with Gasteiger partial charge in [-0.2, -0.15) is 42.1 Å². The van der Waals surface area contributed by atoms with E-state index in [4.69, 9.17) is 5.48 Å². The number of hydrogen-bond donors (Lipinski definition) is 0. The molecule has 0 bridgehead atoms. The lowest BCUT2D eigenvalue weighted by Crippen LogP contribution is -2.66. The summed E-state index contributed by atoms with van der Waals surface area (Å²) in [6.07, 6.45) is 0. The zero-order valence-corrected chi connectivity index (χ0v) is 17.4. The fourth-order valence-corrected chi connectivity index (χ4v) is 3.33. The van der Waals surface area contributed by atoms with Gasteiger partial charge in [-0.1, -0.05) is 0 Å². The van der Waals surface area contributed by atoms with Gasteiger partial charge in [0, 0.05) is 11.1 Å². The fraction of sp³-hybridized carbons (Fsp3) is 0. The van der Waals surface area contributed by atoms with Crippen LogP contribution in [-0.2, 0) is 0 Å². The zero-order valence-electron chi connectivity index (χ0n) is 21.4. The largest absolute Gasteiger partial charge is 0.288 e. The summed E-state index contributed by atoms with van der Waals surface area (Å²) < 4.78 is 32.2. The molecule has 10 nitrogen and oxygen atoms in total. The molecule has 0 N–H and O–H groups in total. The Labute approximate surface area is 207 Å². The van der Waals surface area contributed by atoms with Gasteiger partial charge in [0.05, 0.1) is 96.9 Å².